The minimum Gasteiger partial charge on any atom is -0.491 e. The Morgan fingerprint density at radius 3 is 2.81 bits per heavy atom. The molecule has 136 valence electrons. The van der Waals surface area contributed by atoms with E-state index >= 15 is 0 Å². The standard InChI is InChI=1S/C21H25N3O2/c1-4-21(25)22-14-20-23-17-7-5-6-8-18(17)24(20)11-12-26-19-13-15(2)9-10-16(19)3/h5-10,13H,4,11-12,14H2,1-3H3,(H,22,25). The summed E-state index contributed by atoms with van der Waals surface area (Å²) in [6, 6.07) is 14.2. The van der Waals surface area contributed by atoms with Crippen molar-refractivity contribution in [2.75, 3.05) is 6.61 Å². The van der Waals surface area contributed by atoms with Crippen molar-refractivity contribution in [3.63, 3.8) is 0 Å². The maximum Gasteiger partial charge on any atom is 0.220 e. The zero-order valence-electron chi connectivity index (χ0n) is 15.6. The predicted octanol–water partition coefficient (Wildman–Crippen LogP) is 3.76. The molecule has 5 nitrogen and oxygen atoms in total. The fourth-order valence-electron chi connectivity index (χ4n) is 2.92. The fourth-order valence-corrected chi connectivity index (χ4v) is 2.92. The van der Waals surface area contributed by atoms with Gasteiger partial charge in [0.1, 0.15) is 18.2 Å². The highest BCUT2D eigenvalue weighted by atomic mass is 16.5. The molecule has 0 fully saturated rings. The minimum absolute atomic E-state index is 0.0234. The van der Waals surface area contributed by atoms with Crippen molar-refractivity contribution in [2.24, 2.45) is 0 Å². The van der Waals surface area contributed by atoms with Gasteiger partial charge in [-0.3, -0.25) is 4.79 Å². The second kappa shape index (κ2) is 8.04. The Bertz CT molecular complexity index is 915. The SMILES string of the molecule is CCC(=O)NCc1nc2ccccc2n1CCOc1cc(C)ccc1C. The number of imidazole rings is 1. The summed E-state index contributed by atoms with van der Waals surface area (Å²) < 4.78 is 8.13. The molecule has 0 atom stereocenters. The van der Waals surface area contributed by atoms with Crippen LogP contribution in [0.2, 0.25) is 0 Å². The highest BCUT2D eigenvalue weighted by Gasteiger charge is 2.11. The Morgan fingerprint density at radius 2 is 2.00 bits per heavy atom. The van der Waals surface area contributed by atoms with E-state index in [0.29, 0.717) is 26.1 Å². The molecule has 1 amide bonds. The van der Waals surface area contributed by atoms with Gasteiger partial charge in [-0.1, -0.05) is 31.2 Å². The highest BCUT2D eigenvalue weighted by molar-refractivity contribution is 5.77. The third-order valence-electron chi connectivity index (χ3n) is 4.41. The fraction of sp³-hybridized carbons (Fsp3) is 0.333. The Labute approximate surface area is 154 Å². The number of hydrogen-bond donors (Lipinski definition) is 1. The van der Waals surface area contributed by atoms with Crippen molar-refractivity contribution >= 4 is 16.9 Å². The van der Waals surface area contributed by atoms with Gasteiger partial charge in [-0.25, -0.2) is 4.98 Å². The molecule has 0 aliphatic carbocycles. The van der Waals surface area contributed by atoms with Gasteiger partial charge in [-0.2, -0.15) is 0 Å². The van der Waals surface area contributed by atoms with E-state index < -0.39 is 0 Å². The summed E-state index contributed by atoms with van der Waals surface area (Å²) in [7, 11) is 0. The molecule has 26 heavy (non-hydrogen) atoms. The van der Waals surface area contributed by atoms with Gasteiger partial charge in [0.2, 0.25) is 5.91 Å². The maximum absolute atomic E-state index is 11.6. The van der Waals surface area contributed by atoms with Gasteiger partial charge < -0.3 is 14.6 Å². The van der Waals surface area contributed by atoms with Gasteiger partial charge in [-0.05, 0) is 43.2 Å². The number of ether oxygens (including phenoxy) is 1. The van der Waals surface area contributed by atoms with Crippen molar-refractivity contribution in [1.29, 1.82) is 0 Å². The molecule has 0 bridgehead atoms. The molecule has 1 aromatic heterocycles. The summed E-state index contributed by atoms with van der Waals surface area (Å²) >= 11 is 0. The van der Waals surface area contributed by atoms with Crippen LogP contribution in [0.1, 0.15) is 30.3 Å². The van der Waals surface area contributed by atoms with Crippen molar-refractivity contribution < 1.29 is 9.53 Å². The molecular formula is C21H25N3O2. The van der Waals surface area contributed by atoms with E-state index in [9.17, 15) is 4.79 Å². The van der Waals surface area contributed by atoms with Crippen LogP contribution in [0.5, 0.6) is 5.75 Å². The van der Waals surface area contributed by atoms with Crippen LogP contribution in [0.25, 0.3) is 11.0 Å². The summed E-state index contributed by atoms with van der Waals surface area (Å²) in [6.45, 7) is 7.59. The normalized spacial score (nSPS) is 10.9. The first-order chi connectivity index (χ1) is 12.6. The highest BCUT2D eigenvalue weighted by Crippen LogP contribution is 2.20. The Hall–Kier alpha value is -2.82. The summed E-state index contributed by atoms with van der Waals surface area (Å²) in [5, 5.41) is 2.91. The van der Waals surface area contributed by atoms with E-state index in [0.717, 1.165) is 28.2 Å². The third kappa shape index (κ3) is 4.04. The summed E-state index contributed by atoms with van der Waals surface area (Å²) in [4.78, 5) is 16.3. The molecule has 0 spiro atoms. The van der Waals surface area contributed by atoms with Crippen LogP contribution in [0.4, 0.5) is 0 Å². The molecule has 2 aromatic carbocycles. The smallest absolute Gasteiger partial charge is 0.220 e. The quantitative estimate of drug-likeness (QED) is 0.705. The number of nitrogens with one attached hydrogen (secondary N) is 1. The van der Waals surface area contributed by atoms with Crippen LogP contribution in [0, 0.1) is 13.8 Å². The van der Waals surface area contributed by atoms with Crippen molar-refractivity contribution in [2.45, 2.75) is 40.3 Å². The monoisotopic (exact) mass is 351 g/mol. The minimum atomic E-state index is 0.0234. The molecule has 0 aliphatic rings. The van der Waals surface area contributed by atoms with Gasteiger partial charge in [-0.15, -0.1) is 0 Å². The van der Waals surface area contributed by atoms with E-state index in [2.05, 4.69) is 40.0 Å². The summed E-state index contributed by atoms with van der Waals surface area (Å²) in [5.74, 6) is 1.78. The Balaban J connectivity index is 1.77. The van der Waals surface area contributed by atoms with Gasteiger partial charge in [0.15, 0.2) is 0 Å². The van der Waals surface area contributed by atoms with Gasteiger partial charge in [0.25, 0.3) is 0 Å². The number of amides is 1. The third-order valence-corrected chi connectivity index (χ3v) is 4.41. The lowest BCUT2D eigenvalue weighted by Crippen LogP contribution is -2.24. The lowest BCUT2D eigenvalue weighted by molar-refractivity contribution is -0.120. The number of benzene rings is 2. The first-order valence-electron chi connectivity index (χ1n) is 8.99. The predicted molar refractivity (Wildman–Crippen MR) is 103 cm³/mol. The topological polar surface area (TPSA) is 56.2 Å². The van der Waals surface area contributed by atoms with Crippen LogP contribution in [0.3, 0.4) is 0 Å². The number of nitrogens with zero attached hydrogens (tertiary/aromatic N) is 2. The van der Waals surface area contributed by atoms with Crippen LogP contribution < -0.4 is 10.1 Å². The number of carbonyl (C=O) groups excluding carboxylic acids is 1. The zero-order valence-corrected chi connectivity index (χ0v) is 15.6. The van der Waals surface area contributed by atoms with Gasteiger partial charge >= 0.3 is 0 Å². The van der Waals surface area contributed by atoms with Crippen LogP contribution in [0.15, 0.2) is 42.5 Å². The second-order valence-corrected chi connectivity index (χ2v) is 6.42. The number of hydrogen-bond acceptors (Lipinski definition) is 3. The van der Waals surface area contributed by atoms with E-state index in [1.54, 1.807) is 0 Å². The lowest BCUT2D eigenvalue weighted by Gasteiger charge is -2.13. The first-order valence-corrected chi connectivity index (χ1v) is 8.99. The van der Waals surface area contributed by atoms with E-state index in [1.807, 2.05) is 38.1 Å². The van der Waals surface area contributed by atoms with Gasteiger partial charge in [0.05, 0.1) is 24.1 Å². The van der Waals surface area contributed by atoms with Gasteiger partial charge in [0, 0.05) is 6.42 Å². The largest absolute Gasteiger partial charge is 0.491 e. The lowest BCUT2D eigenvalue weighted by atomic mass is 10.1. The van der Waals surface area contributed by atoms with Crippen molar-refractivity contribution in [1.82, 2.24) is 14.9 Å². The Morgan fingerprint density at radius 1 is 1.19 bits per heavy atom. The van der Waals surface area contributed by atoms with E-state index in [4.69, 9.17) is 4.74 Å². The molecule has 1 heterocycles. The van der Waals surface area contributed by atoms with E-state index in [-0.39, 0.29) is 5.91 Å². The number of fused-ring (bicyclic) bond motifs is 1. The van der Waals surface area contributed by atoms with Crippen LogP contribution in [-0.2, 0) is 17.9 Å². The number of para-hydroxylation sites is 2. The molecule has 0 saturated carbocycles. The van der Waals surface area contributed by atoms with Crippen LogP contribution >= 0.6 is 0 Å². The average Bonchev–Trinajstić information content (AvgIpc) is 3.00. The molecule has 3 aromatic rings. The van der Waals surface area contributed by atoms with Crippen molar-refractivity contribution in [3.8, 4) is 5.75 Å². The number of carbonyl (C=O) groups is 1. The molecule has 1 N–H and O–H groups in total. The maximum atomic E-state index is 11.6. The average molecular weight is 351 g/mol. The summed E-state index contributed by atoms with van der Waals surface area (Å²) in [6.07, 6.45) is 0.468. The first kappa shape index (κ1) is 18.0. The van der Waals surface area contributed by atoms with E-state index in [1.165, 1.54) is 5.56 Å². The summed E-state index contributed by atoms with van der Waals surface area (Å²) in [5.41, 5.74) is 4.29. The molecule has 0 aliphatic heterocycles. The Kier molecular flexibility index (Phi) is 5.56. The molecular weight excluding hydrogens is 326 g/mol. The second-order valence-electron chi connectivity index (χ2n) is 6.42. The number of aromatic nitrogens is 2. The molecule has 0 radical (unpaired) electrons. The molecule has 3 rings (SSSR count). The zero-order chi connectivity index (χ0) is 18.5. The molecule has 0 unspecified atom stereocenters. The van der Waals surface area contributed by atoms with Crippen molar-refractivity contribution in [3.05, 3.63) is 59.4 Å². The molecule has 5 heteroatoms. The van der Waals surface area contributed by atoms with Crippen LogP contribution in [-0.4, -0.2) is 22.1 Å². The molecule has 0 saturated heterocycles. The number of rotatable bonds is 7. The number of aryl methyl sites for hydroxylation is 2.